The molecule has 0 spiro atoms. The van der Waals surface area contributed by atoms with Gasteiger partial charge in [0.25, 0.3) is 5.91 Å². The number of furan rings is 1. The van der Waals surface area contributed by atoms with Crippen molar-refractivity contribution in [3.8, 4) is 11.3 Å². The topological polar surface area (TPSA) is 108 Å². The highest BCUT2D eigenvalue weighted by molar-refractivity contribution is 9.10. The molecule has 2 heterocycles. The average molecular weight is 455 g/mol. The summed E-state index contributed by atoms with van der Waals surface area (Å²) >= 11 is 10.1. The lowest BCUT2D eigenvalue weighted by Gasteiger charge is -1.99. The molecule has 1 amide bonds. The highest BCUT2D eigenvalue weighted by Crippen LogP contribution is 2.24. The van der Waals surface area contributed by atoms with Crippen molar-refractivity contribution in [3.63, 3.8) is 0 Å². The largest absolute Gasteiger partial charge is 0.442 e. The number of benzene rings is 1. The molecule has 2 N–H and O–H groups in total. The van der Waals surface area contributed by atoms with Crippen LogP contribution < -0.4 is 5.73 Å². The molecule has 2 aromatic heterocycles. The van der Waals surface area contributed by atoms with Crippen molar-refractivity contribution < 1.29 is 18.8 Å². The van der Waals surface area contributed by atoms with E-state index in [0.29, 0.717) is 15.4 Å². The Morgan fingerprint density at radius 3 is 2.58 bits per heavy atom. The van der Waals surface area contributed by atoms with E-state index in [4.69, 9.17) is 26.6 Å². The summed E-state index contributed by atoms with van der Waals surface area (Å²) in [5.41, 5.74) is 6.47. The summed E-state index contributed by atoms with van der Waals surface area (Å²) in [6.07, 6.45) is 0. The van der Waals surface area contributed by atoms with Crippen molar-refractivity contribution in [1.29, 1.82) is 0 Å². The van der Waals surface area contributed by atoms with Crippen molar-refractivity contribution in [2.24, 2.45) is 10.9 Å². The zero-order valence-corrected chi connectivity index (χ0v) is 16.0. The Kier molecular flexibility index (Phi) is 5.50. The minimum absolute atomic E-state index is 0.0783. The van der Waals surface area contributed by atoms with Gasteiger partial charge in [0.2, 0.25) is 11.5 Å². The molecule has 10 heteroatoms. The lowest BCUT2D eigenvalue weighted by Crippen LogP contribution is -2.25. The average Bonchev–Trinajstić information content (AvgIpc) is 3.25. The van der Waals surface area contributed by atoms with E-state index in [9.17, 15) is 9.59 Å². The van der Waals surface area contributed by atoms with Gasteiger partial charge in [-0.1, -0.05) is 28.9 Å². The van der Waals surface area contributed by atoms with Crippen LogP contribution >= 0.6 is 38.9 Å². The normalized spacial score (nSPS) is 11.4. The van der Waals surface area contributed by atoms with Crippen molar-refractivity contribution in [3.05, 3.63) is 62.2 Å². The molecule has 0 aliphatic heterocycles. The van der Waals surface area contributed by atoms with Gasteiger partial charge in [-0.3, -0.25) is 4.79 Å². The minimum atomic E-state index is -0.879. The van der Waals surface area contributed by atoms with Gasteiger partial charge in [0.15, 0.2) is 9.68 Å². The molecule has 0 aliphatic carbocycles. The van der Waals surface area contributed by atoms with Gasteiger partial charge in [0.05, 0.1) is 5.69 Å². The van der Waals surface area contributed by atoms with E-state index in [2.05, 4.69) is 26.1 Å². The zero-order valence-electron chi connectivity index (χ0n) is 12.8. The highest BCUT2D eigenvalue weighted by Gasteiger charge is 2.19. The first-order valence-electron chi connectivity index (χ1n) is 7.00. The van der Waals surface area contributed by atoms with Crippen LogP contribution in [0.5, 0.6) is 0 Å². The summed E-state index contributed by atoms with van der Waals surface area (Å²) in [7, 11) is 0. The van der Waals surface area contributed by atoms with Crippen LogP contribution in [0.25, 0.3) is 11.3 Å². The number of rotatable bonds is 5. The fraction of sp³-hybridized carbons (Fsp3) is 0. The molecule has 26 heavy (non-hydrogen) atoms. The number of hydrogen-bond donors (Lipinski definition) is 1. The van der Waals surface area contributed by atoms with Gasteiger partial charge in [-0.05, 0) is 40.2 Å². The molecule has 132 valence electrons. The van der Waals surface area contributed by atoms with E-state index in [-0.39, 0.29) is 16.5 Å². The van der Waals surface area contributed by atoms with E-state index in [0.717, 1.165) is 16.9 Å². The predicted octanol–water partition coefficient (Wildman–Crippen LogP) is 3.87. The van der Waals surface area contributed by atoms with E-state index in [1.165, 1.54) is 12.1 Å². The SMILES string of the molecule is NC(=O)/C(=N\OC(=O)c1ccc(Br)o1)c1nc(-c2ccc(Cl)cc2)cs1. The van der Waals surface area contributed by atoms with Crippen LogP contribution in [0.2, 0.25) is 5.02 Å². The van der Waals surface area contributed by atoms with Crippen molar-refractivity contribution >= 4 is 56.5 Å². The van der Waals surface area contributed by atoms with Crippen LogP contribution in [-0.4, -0.2) is 22.6 Å². The number of oxime groups is 1. The standard InChI is InChI=1S/C16H9BrClN3O4S/c17-12-6-5-11(24-12)16(23)25-21-13(14(19)22)15-20-10(7-26-15)8-1-3-9(18)4-2-8/h1-7H,(H2,19,22)/b21-13+. The second-order valence-electron chi connectivity index (χ2n) is 4.83. The van der Waals surface area contributed by atoms with Gasteiger partial charge >= 0.3 is 5.97 Å². The molecule has 0 bridgehead atoms. The molecule has 1 aromatic carbocycles. The van der Waals surface area contributed by atoms with Gasteiger partial charge in [0, 0.05) is 16.0 Å². The fourth-order valence-corrected chi connectivity index (χ4v) is 3.13. The van der Waals surface area contributed by atoms with Gasteiger partial charge in [-0.15, -0.1) is 11.3 Å². The third-order valence-electron chi connectivity index (χ3n) is 3.07. The summed E-state index contributed by atoms with van der Waals surface area (Å²) in [5, 5.41) is 6.08. The minimum Gasteiger partial charge on any atom is -0.442 e. The molecular formula is C16H9BrClN3O4S. The Balaban J connectivity index is 1.83. The van der Waals surface area contributed by atoms with E-state index in [1.54, 1.807) is 29.6 Å². The summed E-state index contributed by atoms with van der Waals surface area (Å²) in [6, 6.07) is 9.95. The first-order chi connectivity index (χ1) is 12.4. The highest BCUT2D eigenvalue weighted by atomic mass is 79.9. The molecule has 0 aliphatic rings. The molecule has 0 radical (unpaired) electrons. The van der Waals surface area contributed by atoms with Gasteiger partial charge in [-0.2, -0.15) is 0 Å². The van der Waals surface area contributed by atoms with Crippen LogP contribution in [-0.2, 0) is 9.63 Å². The number of thiazole rings is 1. The molecule has 0 saturated heterocycles. The monoisotopic (exact) mass is 453 g/mol. The fourth-order valence-electron chi connectivity index (χ4n) is 1.88. The van der Waals surface area contributed by atoms with Crippen molar-refractivity contribution in [2.45, 2.75) is 0 Å². The number of halogens is 2. The number of amides is 1. The zero-order chi connectivity index (χ0) is 18.7. The third kappa shape index (κ3) is 4.18. The second-order valence-corrected chi connectivity index (χ2v) is 6.91. The Labute approximate surface area is 164 Å². The van der Waals surface area contributed by atoms with Crippen LogP contribution in [0.4, 0.5) is 0 Å². The van der Waals surface area contributed by atoms with Crippen molar-refractivity contribution in [2.75, 3.05) is 0 Å². The quantitative estimate of drug-likeness (QED) is 0.358. The first kappa shape index (κ1) is 18.3. The number of nitrogens with two attached hydrogens (primary N) is 1. The van der Waals surface area contributed by atoms with Crippen LogP contribution in [0.3, 0.4) is 0 Å². The molecule has 7 nitrogen and oxygen atoms in total. The number of aromatic nitrogens is 1. The van der Waals surface area contributed by atoms with Gasteiger partial charge in [-0.25, -0.2) is 9.78 Å². The van der Waals surface area contributed by atoms with Crippen LogP contribution in [0, 0.1) is 0 Å². The summed E-state index contributed by atoms with van der Waals surface area (Å²) in [5.74, 6) is -1.83. The number of carbonyl (C=O) groups is 2. The van der Waals surface area contributed by atoms with E-state index < -0.39 is 11.9 Å². The summed E-state index contributed by atoms with van der Waals surface area (Å²) in [6.45, 7) is 0. The first-order valence-corrected chi connectivity index (χ1v) is 9.05. The number of nitrogens with zero attached hydrogens (tertiary/aromatic N) is 2. The lowest BCUT2D eigenvalue weighted by molar-refractivity contribution is -0.112. The maximum Gasteiger partial charge on any atom is 0.400 e. The maximum absolute atomic E-state index is 11.8. The molecule has 0 saturated carbocycles. The van der Waals surface area contributed by atoms with Gasteiger partial charge < -0.3 is 15.0 Å². The van der Waals surface area contributed by atoms with Crippen LogP contribution in [0.1, 0.15) is 15.6 Å². The predicted molar refractivity (Wildman–Crippen MR) is 100 cm³/mol. The molecule has 0 atom stereocenters. The smallest absolute Gasteiger partial charge is 0.400 e. The summed E-state index contributed by atoms with van der Waals surface area (Å²) in [4.78, 5) is 32.6. The number of hydrogen-bond acceptors (Lipinski definition) is 7. The molecule has 0 fully saturated rings. The molecular weight excluding hydrogens is 446 g/mol. The Bertz CT molecular complexity index is 997. The summed E-state index contributed by atoms with van der Waals surface area (Å²) < 4.78 is 5.41. The molecule has 3 rings (SSSR count). The second kappa shape index (κ2) is 7.81. The maximum atomic E-state index is 11.8. The van der Waals surface area contributed by atoms with E-state index >= 15 is 0 Å². The van der Waals surface area contributed by atoms with Gasteiger partial charge in [0.1, 0.15) is 0 Å². The van der Waals surface area contributed by atoms with Crippen LogP contribution in [0.15, 0.2) is 56.0 Å². The molecule has 3 aromatic rings. The van der Waals surface area contributed by atoms with E-state index in [1.807, 2.05) is 0 Å². The Morgan fingerprint density at radius 1 is 1.23 bits per heavy atom. The molecule has 0 unspecified atom stereocenters. The Hall–Kier alpha value is -2.49. The number of primary amides is 1. The Morgan fingerprint density at radius 2 is 1.96 bits per heavy atom. The van der Waals surface area contributed by atoms with Crippen molar-refractivity contribution in [1.82, 2.24) is 4.98 Å². The third-order valence-corrected chi connectivity index (χ3v) is 4.60. The lowest BCUT2D eigenvalue weighted by atomic mass is 10.2. The number of carbonyl (C=O) groups excluding carboxylic acids is 2.